The summed E-state index contributed by atoms with van der Waals surface area (Å²) >= 11 is 0. The Morgan fingerprint density at radius 1 is 1.15 bits per heavy atom. The van der Waals surface area contributed by atoms with E-state index >= 15 is 0 Å². The van der Waals surface area contributed by atoms with Gasteiger partial charge < -0.3 is 4.74 Å². The lowest BCUT2D eigenvalue weighted by atomic mass is 9.75. The smallest absolute Gasteiger partial charge is 0.309 e. The molecule has 1 aliphatic heterocycles. The molecule has 1 saturated carbocycles. The maximum Gasteiger partial charge on any atom is 0.309 e. The van der Waals surface area contributed by atoms with Gasteiger partial charge >= 0.3 is 5.97 Å². The minimum atomic E-state index is 0.0570. The van der Waals surface area contributed by atoms with Crippen LogP contribution in [0.2, 0.25) is 0 Å². The van der Waals surface area contributed by atoms with Gasteiger partial charge in [-0.3, -0.25) is 4.79 Å². The maximum atomic E-state index is 11.6. The Hall–Kier alpha value is -0.530. The minimum Gasteiger partial charge on any atom is -0.462 e. The van der Waals surface area contributed by atoms with Crippen LogP contribution in [0.15, 0.2) is 0 Å². The van der Waals surface area contributed by atoms with Gasteiger partial charge in [0.05, 0.1) is 12.0 Å². The molecule has 0 radical (unpaired) electrons. The molecule has 0 N–H and O–H groups in total. The Balaban J connectivity index is 2.12. The Morgan fingerprint density at radius 3 is 2.69 bits per heavy atom. The molecule has 1 heterocycles. The van der Waals surface area contributed by atoms with Crippen molar-refractivity contribution in [3.63, 3.8) is 0 Å². The van der Waals surface area contributed by atoms with E-state index in [0.717, 1.165) is 25.2 Å². The molecule has 4 unspecified atom stereocenters. The molecule has 0 aromatic carbocycles. The van der Waals surface area contributed by atoms with E-state index in [-0.39, 0.29) is 18.0 Å². The number of cyclic esters (lactones) is 1. The van der Waals surface area contributed by atoms with Crippen molar-refractivity contribution in [2.75, 3.05) is 0 Å². The van der Waals surface area contributed by atoms with Crippen molar-refractivity contribution in [3.8, 4) is 0 Å². The first kappa shape index (κ1) is 9.04. The lowest BCUT2D eigenvalue weighted by molar-refractivity contribution is -0.152. The number of hydrogen-bond donors (Lipinski definition) is 0. The number of carbonyl (C=O) groups is 1. The van der Waals surface area contributed by atoms with Gasteiger partial charge in [-0.2, -0.15) is 0 Å². The summed E-state index contributed by atoms with van der Waals surface area (Å²) in [5.41, 5.74) is 0. The normalized spacial score (nSPS) is 45.2. The highest BCUT2D eigenvalue weighted by Crippen LogP contribution is 2.38. The summed E-state index contributed by atoms with van der Waals surface area (Å²) in [5.74, 6) is 1.71. The van der Waals surface area contributed by atoms with Gasteiger partial charge in [0.15, 0.2) is 0 Å². The third kappa shape index (κ3) is 1.87. The third-order valence-electron chi connectivity index (χ3n) is 3.36. The molecular formula is C11H18O2. The molecule has 2 fully saturated rings. The second-order valence-electron chi connectivity index (χ2n) is 4.86. The lowest BCUT2D eigenvalue weighted by Gasteiger charge is -2.28. The summed E-state index contributed by atoms with van der Waals surface area (Å²) in [6, 6.07) is 0. The first-order chi connectivity index (χ1) is 6.15. The van der Waals surface area contributed by atoms with Crippen molar-refractivity contribution in [3.05, 3.63) is 0 Å². The number of hydrogen-bond acceptors (Lipinski definition) is 2. The molecule has 4 atom stereocenters. The van der Waals surface area contributed by atoms with Crippen LogP contribution in [0, 0.1) is 17.8 Å². The van der Waals surface area contributed by atoms with Gasteiger partial charge in [0.1, 0.15) is 0 Å². The summed E-state index contributed by atoms with van der Waals surface area (Å²) in [5, 5.41) is 0. The van der Waals surface area contributed by atoms with E-state index in [9.17, 15) is 4.79 Å². The van der Waals surface area contributed by atoms with Crippen molar-refractivity contribution in [1.82, 2.24) is 0 Å². The number of esters is 1. The van der Waals surface area contributed by atoms with E-state index in [1.165, 1.54) is 6.42 Å². The van der Waals surface area contributed by atoms with Crippen LogP contribution in [0.25, 0.3) is 0 Å². The van der Waals surface area contributed by atoms with Crippen molar-refractivity contribution in [2.24, 2.45) is 17.8 Å². The van der Waals surface area contributed by atoms with Crippen molar-refractivity contribution in [2.45, 2.75) is 45.6 Å². The SMILES string of the molecule is CC1CC2CC(C)OC(=O)C(C1)C2. The minimum absolute atomic E-state index is 0.0570. The van der Waals surface area contributed by atoms with Crippen molar-refractivity contribution >= 4 is 5.97 Å². The molecule has 2 nitrogen and oxygen atoms in total. The van der Waals surface area contributed by atoms with Gasteiger partial charge in [0.25, 0.3) is 0 Å². The molecule has 0 aromatic heterocycles. The molecule has 0 amide bonds. The highest BCUT2D eigenvalue weighted by atomic mass is 16.5. The van der Waals surface area contributed by atoms with Gasteiger partial charge in [0.2, 0.25) is 0 Å². The molecule has 2 heteroatoms. The van der Waals surface area contributed by atoms with Crippen LogP contribution in [0.3, 0.4) is 0 Å². The number of carbonyl (C=O) groups excluding carboxylic acids is 1. The van der Waals surface area contributed by atoms with Gasteiger partial charge in [-0.05, 0) is 44.4 Å². The highest BCUT2D eigenvalue weighted by molar-refractivity contribution is 5.73. The standard InChI is InChI=1S/C11H18O2/c1-7-3-9-5-8(2)13-11(12)10(4-7)6-9/h7-10H,3-6H2,1-2H3. The third-order valence-corrected chi connectivity index (χ3v) is 3.36. The average Bonchev–Trinajstić information content (AvgIpc) is 2.09. The number of fused-ring (bicyclic) bond motifs is 2. The molecule has 0 aromatic rings. The molecule has 2 rings (SSSR count). The van der Waals surface area contributed by atoms with Crippen LogP contribution in [0.4, 0.5) is 0 Å². The summed E-state index contributed by atoms with van der Waals surface area (Å²) < 4.78 is 5.33. The fourth-order valence-corrected chi connectivity index (χ4v) is 2.94. The van der Waals surface area contributed by atoms with Crippen LogP contribution in [-0.4, -0.2) is 12.1 Å². The zero-order valence-electron chi connectivity index (χ0n) is 8.45. The summed E-state index contributed by atoms with van der Waals surface area (Å²) in [7, 11) is 0. The maximum absolute atomic E-state index is 11.6. The first-order valence-corrected chi connectivity index (χ1v) is 5.35. The van der Waals surface area contributed by atoms with Gasteiger partial charge in [-0.25, -0.2) is 0 Å². The topological polar surface area (TPSA) is 26.3 Å². The zero-order chi connectivity index (χ0) is 9.42. The Morgan fingerprint density at radius 2 is 1.92 bits per heavy atom. The predicted octanol–water partition coefficient (Wildman–Crippen LogP) is 2.37. The first-order valence-electron chi connectivity index (χ1n) is 5.35. The molecule has 0 spiro atoms. The van der Waals surface area contributed by atoms with Crippen molar-refractivity contribution in [1.29, 1.82) is 0 Å². The number of rotatable bonds is 0. The predicted molar refractivity (Wildman–Crippen MR) is 50.2 cm³/mol. The highest BCUT2D eigenvalue weighted by Gasteiger charge is 2.36. The second kappa shape index (κ2) is 3.32. The quantitative estimate of drug-likeness (QED) is 0.538. The zero-order valence-corrected chi connectivity index (χ0v) is 8.45. The van der Waals surface area contributed by atoms with Crippen LogP contribution in [-0.2, 0) is 9.53 Å². The summed E-state index contributed by atoms with van der Waals surface area (Å²) in [4.78, 5) is 11.6. The number of ether oxygens (including phenoxy) is 1. The van der Waals surface area contributed by atoms with Crippen LogP contribution in [0.5, 0.6) is 0 Å². The van der Waals surface area contributed by atoms with E-state index < -0.39 is 0 Å². The second-order valence-corrected chi connectivity index (χ2v) is 4.86. The summed E-state index contributed by atoms with van der Waals surface area (Å²) in [6.45, 7) is 4.27. The monoisotopic (exact) mass is 182 g/mol. The van der Waals surface area contributed by atoms with Crippen LogP contribution >= 0.6 is 0 Å². The van der Waals surface area contributed by atoms with E-state index in [0.29, 0.717) is 5.92 Å². The fourth-order valence-electron chi connectivity index (χ4n) is 2.94. The largest absolute Gasteiger partial charge is 0.462 e. The van der Waals surface area contributed by atoms with E-state index in [1.807, 2.05) is 6.92 Å². The van der Waals surface area contributed by atoms with Gasteiger partial charge in [-0.1, -0.05) is 6.92 Å². The Bertz CT molecular complexity index is 212. The molecular weight excluding hydrogens is 164 g/mol. The average molecular weight is 182 g/mol. The van der Waals surface area contributed by atoms with Crippen molar-refractivity contribution < 1.29 is 9.53 Å². The summed E-state index contributed by atoms with van der Waals surface area (Å²) in [6.07, 6.45) is 4.63. The molecule has 2 aliphatic rings. The van der Waals surface area contributed by atoms with Crippen LogP contribution in [0.1, 0.15) is 39.5 Å². The molecule has 1 aliphatic carbocycles. The van der Waals surface area contributed by atoms with Crippen LogP contribution < -0.4 is 0 Å². The van der Waals surface area contributed by atoms with Gasteiger partial charge in [0, 0.05) is 0 Å². The molecule has 13 heavy (non-hydrogen) atoms. The van der Waals surface area contributed by atoms with E-state index in [1.54, 1.807) is 0 Å². The van der Waals surface area contributed by atoms with E-state index in [4.69, 9.17) is 4.74 Å². The Kier molecular flexibility index (Phi) is 2.31. The molecule has 1 saturated heterocycles. The van der Waals surface area contributed by atoms with E-state index in [2.05, 4.69) is 6.92 Å². The lowest BCUT2D eigenvalue weighted by Crippen LogP contribution is -2.24. The molecule has 74 valence electrons. The fraction of sp³-hybridized carbons (Fsp3) is 0.909. The molecule has 2 bridgehead atoms. The van der Waals surface area contributed by atoms with Gasteiger partial charge in [-0.15, -0.1) is 0 Å². The Labute approximate surface area is 79.7 Å².